The lowest BCUT2D eigenvalue weighted by Crippen LogP contribution is -2.32. The molecule has 1 nitrogen and oxygen atoms in total. The Morgan fingerprint density at radius 3 is 2.70 bits per heavy atom. The molecular weight excluding hydrogens is 242 g/mol. The lowest BCUT2D eigenvalue weighted by molar-refractivity contribution is 0.292. The number of hydrogen-bond acceptors (Lipinski definition) is 1. The highest BCUT2D eigenvalue weighted by Gasteiger charge is 2.18. The van der Waals surface area contributed by atoms with Crippen molar-refractivity contribution in [1.29, 1.82) is 0 Å². The van der Waals surface area contributed by atoms with Gasteiger partial charge in [0.15, 0.2) is 0 Å². The Morgan fingerprint density at radius 1 is 1.20 bits per heavy atom. The van der Waals surface area contributed by atoms with Gasteiger partial charge in [-0.3, -0.25) is 0 Å². The molecule has 1 fully saturated rings. The quantitative estimate of drug-likeness (QED) is 0.747. The van der Waals surface area contributed by atoms with Crippen LogP contribution in [0.4, 0.5) is 0 Å². The Balaban J connectivity index is 1.81. The molecule has 1 aromatic rings. The highest BCUT2D eigenvalue weighted by Crippen LogP contribution is 2.28. The highest BCUT2D eigenvalue weighted by molar-refractivity contribution is 5.22. The molecule has 0 aliphatic heterocycles. The van der Waals surface area contributed by atoms with Crippen molar-refractivity contribution in [3.8, 4) is 0 Å². The van der Waals surface area contributed by atoms with Gasteiger partial charge in [-0.2, -0.15) is 0 Å². The van der Waals surface area contributed by atoms with Gasteiger partial charge in [-0.25, -0.2) is 0 Å². The molecule has 1 heteroatoms. The summed E-state index contributed by atoms with van der Waals surface area (Å²) >= 11 is 0. The molecular formula is C19H31N. The first-order chi connectivity index (χ1) is 9.78. The van der Waals surface area contributed by atoms with Crippen molar-refractivity contribution in [2.45, 2.75) is 71.3 Å². The van der Waals surface area contributed by atoms with Crippen LogP contribution in [0.2, 0.25) is 0 Å². The molecule has 112 valence electrons. The van der Waals surface area contributed by atoms with E-state index in [1.54, 1.807) is 0 Å². The molecule has 0 heterocycles. The van der Waals surface area contributed by atoms with E-state index in [-0.39, 0.29) is 0 Å². The minimum atomic E-state index is 0.712. The van der Waals surface area contributed by atoms with Crippen molar-refractivity contribution in [3.63, 3.8) is 0 Å². The van der Waals surface area contributed by atoms with Crippen molar-refractivity contribution in [3.05, 3.63) is 35.4 Å². The van der Waals surface area contributed by atoms with Crippen LogP contribution in [0.15, 0.2) is 24.3 Å². The fourth-order valence-corrected chi connectivity index (χ4v) is 3.63. The molecule has 1 aliphatic rings. The van der Waals surface area contributed by atoms with E-state index in [9.17, 15) is 0 Å². The zero-order valence-corrected chi connectivity index (χ0v) is 13.3. The molecule has 20 heavy (non-hydrogen) atoms. The standard InChI is InChI=1S/C19H31N/c1-3-20-19(15-17-9-5-4-6-10-17)13-12-18-11-7-8-16(2)14-18/h7-8,11,14,17,19-20H,3-6,9-10,12-13,15H2,1-2H3. The van der Waals surface area contributed by atoms with Crippen LogP contribution < -0.4 is 5.32 Å². The average Bonchev–Trinajstić information content (AvgIpc) is 2.46. The minimum Gasteiger partial charge on any atom is -0.314 e. The molecule has 1 unspecified atom stereocenters. The third-order valence-corrected chi connectivity index (χ3v) is 4.70. The Labute approximate surface area is 125 Å². The smallest absolute Gasteiger partial charge is 0.00727 e. The van der Waals surface area contributed by atoms with E-state index < -0.39 is 0 Å². The third-order valence-electron chi connectivity index (χ3n) is 4.70. The molecule has 1 saturated carbocycles. The maximum absolute atomic E-state index is 3.71. The average molecular weight is 273 g/mol. The van der Waals surface area contributed by atoms with E-state index in [1.165, 1.54) is 62.5 Å². The van der Waals surface area contributed by atoms with Gasteiger partial charge in [-0.05, 0) is 44.2 Å². The molecule has 0 aromatic heterocycles. The van der Waals surface area contributed by atoms with Crippen LogP contribution in [0.5, 0.6) is 0 Å². The predicted molar refractivity (Wildman–Crippen MR) is 88.2 cm³/mol. The molecule has 0 spiro atoms. The first-order valence-electron chi connectivity index (χ1n) is 8.57. The second-order valence-corrected chi connectivity index (χ2v) is 6.52. The Morgan fingerprint density at radius 2 is 2.00 bits per heavy atom. The number of aryl methyl sites for hydroxylation is 2. The van der Waals surface area contributed by atoms with Gasteiger partial charge in [-0.15, -0.1) is 0 Å². The zero-order valence-electron chi connectivity index (χ0n) is 13.3. The largest absolute Gasteiger partial charge is 0.314 e. The maximum Gasteiger partial charge on any atom is 0.00727 e. The number of rotatable bonds is 7. The van der Waals surface area contributed by atoms with Crippen molar-refractivity contribution in [2.75, 3.05) is 6.54 Å². The monoisotopic (exact) mass is 273 g/mol. The number of hydrogen-bond donors (Lipinski definition) is 1. The lowest BCUT2D eigenvalue weighted by atomic mass is 9.83. The molecule has 1 aromatic carbocycles. The fraction of sp³-hybridized carbons (Fsp3) is 0.684. The molecule has 0 saturated heterocycles. The van der Waals surface area contributed by atoms with E-state index >= 15 is 0 Å². The van der Waals surface area contributed by atoms with Gasteiger partial charge in [0.25, 0.3) is 0 Å². The van der Waals surface area contributed by atoms with Gasteiger partial charge in [0.2, 0.25) is 0 Å². The summed E-state index contributed by atoms with van der Waals surface area (Å²) in [6.07, 6.45) is 11.2. The van der Waals surface area contributed by atoms with E-state index in [0.29, 0.717) is 6.04 Å². The van der Waals surface area contributed by atoms with Crippen LogP contribution in [0.25, 0.3) is 0 Å². The molecule has 0 amide bonds. The van der Waals surface area contributed by atoms with Gasteiger partial charge in [-0.1, -0.05) is 68.9 Å². The van der Waals surface area contributed by atoms with Crippen molar-refractivity contribution >= 4 is 0 Å². The van der Waals surface area contributed by atoms with Gasteiger partial charge in [0, 0.05) is 6.04 Å². The third kappa shape index (κ3) is 5.28. The van der Waals surface area contributed by atoms with Crippen LogP contribution in [-0.4, -0.2) is 12.6 Å². The summed E-state index contributed by atoms with van der Waals surface area (Å²) in [6, 6.07) is 9.70. The van der Waals surface area contributed by atoms with E-state index in [2.05, 4.69) is 43.4 Å². The van der Waals surface area contributed by atoms with E-state index in [0.717, 1.165) is 12.5 Å². The summed E-state index contributed by atoms with van der Waals surface area (Å²) in [5.41, 5.74) is 2.88. The second-order valence-electron chi connectivity index (χ2n) is 6.52. The first-order valence-corrected chi connectivity index (χ1v) is 8.57. The Kier molecular flexibility index (Phi) is 6.59. The van der Waals surface area contributed by atoms with Crippen molar-refractivity contribution < 1.29 is 0 Å². The fourth-order valence-electron chi connectivity index (χ4n) is 3.63. The van der Waals surface area contributed by atoms with Crippen molar-refractivity contribution in [2.24, 2.45) is 5.92 Å². The molecule has 2 rings (SSSR count). The molecule has 1 atom stereocenters. The van der Waals surface area contributed by atoms with E-state index in [4.69, 9.17) is 0 Å². The van der Waals surface area contributed by atoms with Gasteiger partial charge in [0.05, 0.1) is 0 Å². The summed E-state index contributed by atoms with van der Waals surface area (Å²) in [5, 5.41) is 3.71. The van der Waals surface area contributed by atoms with Gasteiger partial charge >= 0.3 is 0 Å². The zero-order chi connectivity index (χ0) is 14.2. The number of benzene rings is 1. The van der Waals surface area contributed by atoms with E-state index in [1.807, 2.05) is 0 Å². The van der Waals surface area contributed by atoms with Crippen LogP contribution in [0, 0.1) is 12.8 Å². The van der Waals surface area contributed by atoms with Crippen LogP contribution >= 0.6 is 0 Å². The summed E-state index contributed by atoms with van der Waals surface area (Å²) in [5.74, 6) is 0.977. The topological polar surface area (TPSA) is 12.0 Å². The Bertz CT molecular complexity index is 379. The number of nitrogens with one attached hydrogen (secondary N) is 1. The molecule has 1 aliphatic carbocycles. The predicted octanol–water partition coefficient (Wildman–Crippen LogP) is 4.88. The summed E-state index contributed by atoms with van der Waals surface area (Å²) < 4.78 is 0. The van der Waals surface area contributed by atoms with Crippen molar-refractivity contribution in [1.82, 2.24) is 5.32 Å². The molecule has 0 radical (unpaired) electrons. The van der Waals surface area contributed by atoms with Crippen LogP contribution in [0.1, 0.15) is 63.0 Å². The minimum absolute atomic E-state index is 0.712. The van der Waals surface area contributed by atoms with Crippen LogP contribution in [0.3, 0.4) is 0 Å². The first kappa shape index (κ1) is 15.6. The molecule has 1 N–H and O–H groups in total. The highest BCUT2D eigenvalue weighted by atomic mass is 14.9. The normalized spacial score (nSPS) is 18.1. The summed E-state index contributed by atoms with van der Waals surface area (Å²) in [7, 11) is 0. The maximum atomic E-state index is 3.71. The van der Waals surface area contributed by atoms with Crippen LogP contribution in [-0.2, 0) is 6.42 Å². The van der Waals surface area contributed by atoms with Gasteiger partial charge < -0.3 is 5.32 Å². The summed E-state index contributed by atoms with van der Waals surface area (Å²) in [4.78, 5) is 0. The SMILES string of the molecule is CCNC(CCc1cccc(C)c1)CC1CCCCC1. The molecule has 0 bridgehead atoms. The Hall–Kier alpha value is -0.820. The summed E-state index contributed by atoms with van der Waals surface area (Å²) in [6.45, 7) is 5.53. The lowest BCUT2D eigenvalue weighted by Gasteiger charge is -2.27. The second kappa shape index (κ2) is 8.46. The van der Waals surface area contributed by atoms with Gasteiger partial charge in [0.1, 0.15) is 0 Å².